The van der Waals surface area contributed by atoms with Gasteiger partial charge in [0.15, 0.2) is 5.75 Å². The maximum Gasteiger partial charge on any atom is 0.311 e. The molecule has 0 amide bonds. The zero-order chi connectivity index (χ0) is 13.5. The molecule has 0 spiro atoms. The molecule has 0 fully saturated rings. The summed E-state index contributed by atoms with van der Waals surface area (Å²) in [5.41, 5.74) is 0.820. The molecule has 0 bridgehead atoms. The quantitative estimate of drug-likeness (QED) is 0.594. The summed E-state index contributed by atoms with van der Waals surface area (Å²) in [5.74, 6) is 0.303. The third kappa shape index (κ3) is 4.21. The van der Waals surface area contributed by atoms with E-state index in [1.165, 1.54) is 6.07 Å². The van der Waals surface area contributed by atoms with E-state index in [0.717, 1.165) is 18.8 Å². The largest absolute Gasteiger partial charge is 0.487 e. The highest BCUT2D eigenvalue weighted by atomic mass is 16.6. The number of hydrogen-bond donors (Lipinski definition) is 1. The molecular weight excluding hydrogens is 234 g/mol. The highest BCUT2D eigenvalue weighted by Crippen LogP contribution is 2.29. The van der Waals surface area contributed by atoms with Gasteiger partial charge in [-0.15, -0.1) is 0 Å². The Labute approximate surface area is 107 Å². The summed E-state index contributed by atoms with van der Waals surface area (Å²) in [5, 5.41) is 14.0. The fraction of sp³-hybridized carbons (Fsp3) is 0.500. The molecule has 0 heterocycles. The summed E-state index contributed by atoms with van der Waals surface area (Å²) >= 11 is 0. The summed E-state index contributed by atoms with van der Waals surface area (Å²) in [7, 11) is 3.98. The van der Waals surface area contributed by atoms with Crippen LogP contribution in [0.1, 0.15) is 6.92 Å². The zero-order valence-electron chi connectivity index (χ0n) is 11.0. The van der Waals surface area contributed by atoms with E-state index in [0.29, 0.717) is 12.4 Å². The van der Waals surface area contributed by atoms with Crippen LogP contribution in [0.15, 0.2) is 18.2 Å². The molecule has 1 aromatic carbocycles. The van der Waals surface area contributed by atoms with Crippen LogP contribution in [-0.4, -0.2) is 43.6 Å². The van der Waals surface area contributed by atoms with Crippen molar-refractivity contribution in [1.82, 2.24) is 4.90 Å². The van der Waals surface area contributed by atoms with Crippen LogP contribution in [0.25, 0.3) is 0 Å². The van der Waals surface area contributed by atoms with Crippen LogP contribution in [0.2, 0.25) is 0 Å². The third-order valence-corrected chi connectivity index (χ3v) is 2.34. The minimum Gasteiger partial charge on any atom is -0.487 e. The fourth-order valence-corrected chi connectivity index (χ4v) is 1.47. The van der Waals surface area contributed by atoms with E-state index < -0.39 is 4.92 Å². The predicted molar refractivity (Wildman–Crippen MR) is 71.3 cm³/mol. The summed E-state index contributed by atoms with van der Waals surface area (Å²) in [6.07, 6.45) is 0. The van der Waals surface area contributed by atoms with Gasteiger partial charge in [0.25, 0.3) is 0 Å². The van der Waals surface area contributed by atoms with Gasteiger partial charge < -0.3 is 15.0 Å². The van der Waals surface area contributed by atoms with Crippen LogP contribution >= 0.6 is 0 Å². The Balaban J connectivity index is 2.76. The number of nitrogens with one attached hydrogen (secondary N) is 1. The van der Waals surface area contributed by atoms with E-state index in [4.69, 9.17) is 4.74 Å². The molecule has 1 N–H and O–H groups in total. The minimum atomic E-state index is -0.436. The maximum atomic E-state index is 10.8. The Bertz CT molecular complexity index is 408. The van der Waals surface area contributed by atoms with Crippen molar-refractivity contribution in [3.05, 3.63) is 28.3 Å². The first-order valence-corrected chi connectivity index (χ1v) is 5.84. The molecule has 0 atom stereocenters. The molecule has 0 aromatic heterocycles. The van der Waals surface area contributed by atoms with Crippen LogP contribution in [0, 0.1) is 10.1 Å². The average Bonchev–Trinajstić information content (AvgIpc) is 2.29. The summed E-state index contributed by atoms with van der Waals surface area (Å²) in [6.45, 7) is 3.87. The van der Waals surface area contributed by atoms with E-state index in [1.54, 1.807) is 19.1 Å². The van der Waals surface area contributed by atoms with Gasteiger partial charge in [-0.25, -0.2) is 0 Å². The van der Waals surface area contributed by atoms with Gasteiger partial charge in [0.1, 0.15) is 0 Å². The molecule has 0 aliphatic rings. The molecule has 6 nitrogen and oxygen atoms in total. The van der Waals surface area contributed by atoms with E-state index >= 15 is 0 Å². The van der Waals surface area contributed by atoms with E-state index in [-0.39, 0.29) is 5.69 Å². The zero-order valence-corrected chi connectivity index (χ0v) is 11.0. The number of nitrogens with zero attached hydrogens (tertiary/aromatic N) is 2. The lowest BCUT2D eigenvalue weighted by atomic mass is 10.2. The molecule has 0 saturated heterocycles. The summed E-state index contributed by atoms with van der Waals surface area (Å²) in [4.78, 5) is 12.4. The standard InChI is InChI=1S/C12H19N3O3/c1-4-18-12-9-10(13-7-8-14(2)3)5-6-11(12)15(16)17/h5-6,9,13H,4,7-8H2,1-3H3. The first kappa shape index (κ1) is 14.2. The number of nitro benzene ring substituents is 1. The van der Waals surface area contributed by atoms with E-state index in [9.17, 15) is 10.1 Å². The van der Waals surface area contributed by atoms with Crippen LogP contribution in [0.3, 0.4) is 0 Å². The molecular formula is C12H19N3O3. The first-order chi connectivity index (χ1) is 8.54. The fourth-order valence-electron chi connectivity index (χ4n) is 1.47. The molecule has 0 aliphatic carbocycles. The normalized spacial score (nSPS) is 10.4. The van der Waals surface area contributed by atoms with Gasteiger partial charge in [-0.1, -0.05) is 0 Å². The smallest absolute Gasteiger partial charge is 0.311 e. The number of anilines is 1. The minimum absolute atomic E-state index is 0.00462. The average molecular weight is 253 g/mol. The molecule has 6 heteroatoms. The third-order valence-electron chi connectivity index (χ3n) is 2.34. The van der Waals surface area contributed by atoms with Gasteiger partial charge in [0, 0.05) is 30.9 Å². The Morgan fingerprint density at radius 1 is 1.44 bits per heavy atom. The maximum absolute atomic E-state index is 10.8. The molecule has 100 valence electrons. The topological polar surface area (TPSA) is 67.6 Å². The molecule has 0 saturated carbocycles. The Kier molecular flexibility index (Phi) is 5.38. The van der Waals surface area contributed by atoms with E-state index in [1.807, 2.05) is 14.1 Å². The summed E-state index contributed by atoms with van der Waals surface area (Å²) in [6, 6.07) is 4.82. The van der Waals surface area contributed by atoms with Gasteiger partial charge in [-0.05, 0) is 27.1 Å². The number of likely N-dealkylation sites (N-methyl/N-ethyl adjacent to an activating group) is 1. The highest BCUT2D eigenvalue weighted by Gasteiger charge is 2.14. The lowest BCUT2D eigenvalue weighted by molar-refractivity contribution is -0.385. The predicted octanol–water partition coefficient (Wildman–Crippen LogP) is 1.97. The van der Waals surface area contributed by atoms with Crippen LogP contribution < -0.4 is 10.1 Å². The molecule has 1 aromatic rings. The van der Waals surface area contributed by atoms with Crippen molar-refractivity contribution >= 4 is 11.4 Å². The Morgan fingerprint density at radius 2 is 2.17 bits per heavy atom. The number of rotatable bonds is 7. The second kappa shape index (κ2) is 6.80. The van der Waals surface area contributed by atoms with Crippen LogP contribution in [-0.2, 0) is 0 Å². The van der Waals surface area contributed by atoms with Gasteiger partial charge in [-0.2, -0.15) is 0 Å². The lowest BCUT2D eigenvalue weighted by Gasteiger charge is -2.12. The van der Waals surface area contributed by atoms with Gasteiger partial charge in [0.2, 0.25) is 0 Å². The molecule has 1 rings (SSSR count). The monoisotopic (exact) mass is 253 g/mol. The van der Waals surface area contributed by atoms with Crippen LogP contribution in [0.5, 0.6) is 5.75 Å². The van der Waals surface area contributed by atoms with Gasteiger partial charge >= 0.3 is 5.69 Å². The van der Waals surface area contributed by atoms with Gasteiger partial charge in [0.05, 0.1) is 11.5 Å². The van der Waals surface area contributed by atoms with Crippen molar-refractivity contribution in [1.29, 1.82) is 0 Å². The number of nitro groups is 1. The number of hydrogen-bond acceptors (Lipinski definition) is 5. The Morgan fingerprint density at radius 3 is 2.72 bits per heavy atom. The number of ether oxygens (including phenoxy) is 1. The molecule has 0 aliphatic heterocycles. The van der Waals surface area contributed by atoms with Crippen molar-refractivity contribution in [2.45, 2.75) is 6.92 Å². The van der Waals surface area contributed by atoms with Gasteiger partial charge in [-0.3, -0.25) is 10.1 Å². The van der Waals surface area contributed by atoms with Crippen molar-refractivity contribution in [2.75, 3.05) is 39.1 Å². The Hall–Kier alpha value is -1.82. The SMILES string of the molecule is CCOc1cc(NCCN(C)C)ccc1[N+](=O)[O-]. The van der Waals surface area contributed by atoms with Crippen molar-refractivity contribution in [2.24, 2.45) is 0 Å². The van der Waals surface area contributed by atoms with Crippen molar-refractivity contribution < 1.29 is 9.66 Å². The first-order valence-electron chi connectivity index (χ1n) is 5.84. The molecule has 18 heavy (non-hydrogen) atoms. The highest BCUT2D eigenvalue weighted by molar-refractivity contribution is 5.58. The van der Waals surface area contributed by atoms with E-state index in [2.05, 4.69) is 10.2 Å². The van der Waals surface area contributed by atoms with Crippen LogP contribution in [0.4, 0.5) is 11.4 Å². The molecule has 0 unspecified atom stereocenters. The summed E-state index contributed by atoms with van der Waals surface area (Å²) < 4.78 is 5.27. The second-order valence-corrected chi connectivity index (χ2v) is 4.10. The number of benzene rings is 1. The van der Waals surface area contributed by atoms with Crippen molar-refractivity contribution in [3.63, 3.8) is 0 Å². The van der Waals surface area contributed by atoms with Crippen molar-refractivity contribution in [3.8, 4) is 5.75 Å². The molecule has 0 radical (unpaired) electrons. The lowest BCUT2D eigenvalue weighted by Crippen LogP contribution is -2.20. The second-order valence-electron chi connectivity index (χ2n) is 4.10.